The van der Waals surface area contributed by atoms with Crippen LogP contribution in [0.3, 0.4) is 0 Å². The van der Waals surface area contributed by atoms with Crippen LogP contribution < -0.4 is 15.5 Å². The van der Waals surface area contributed by atoms with E-state index in [2.05, 4.69) is 24.0 Å². The van der Waals surface area contributed by atoms with Crippen molar-refractivity contribution in [3.63, 3.8) is 0 Å². The molecule has 3 aromatic heterocycles. The van der Waals surface area contributed by atoms with Crippen molar-refractivity contribution in [2.45, 2.75) is 53.4 Å². The molecule has 1 amide bonds. The zero-order valence-electron chi connectivity index (χ0n) is 18.6. The molecule has 0 radical (unpaired) electrons. The van der Waals surface area contributed by atoms with Crippen LogP contribution in [0.25, 0.3) is 11.5 Å². The number of aromatic nitrogens is 5. The fourth-order valence-electron chi connectivity index (χ4n) is 3.80. The summed E-state index contributed by atoms with van der Waals surface area (Å²) in [4.78, 5) is 26.5. The molecule has 0 unspecified atom stereocenters. The molecule has 31 heavy (non-hydrogen) atoms. The van der Waals surface area contributed by atoms with Gasteiger partial charge in [0, 0.05) is 31.7 Å². The zero-order chi connectivity index (χ0) is 22.3. The highest BCUT2D eigenvalue weighted by molar-refractivity contribution is 6.10. The predicted octanol–water partition coefficient (Wildman–Crippen LogP) is 2.53. The van der Waals surface area contributed by atoms with E-state index in [1.165, 1.54) is 0 Å². The van der Waals surface area contributed by atoms with Gasteiger partial charge in [-0.15, -0.1) is 10.2 Å². The third-order valence-electron chi connectivity index (χ3n) is 5.81. The number of rotatable bonds is 6. The number of fused-ring (bicyclic) bond motifs is 1. The summed E-state index contributed by atoms with van der Waals surface area (Å²) in [5.41, 5.74) is 8.92. The van der Waals surface area contributed by atoms with E-state index in [1.54, 1.807) is 4.90 Å². The molecular formula is C22H28N8O. The van der Waals surface area contributed by atoms with E-state index >= 15 is 0 Å². The molecule has 0 bridgehead atoms. The van der Waals surface area contributed by atoms with Gasteiger partial charge < -0.3 is 15.2 Å². The second kappa shape index (κ2) is 8.07. The van der Waals surface area contributed by atoms with Gasteiger partial charge in [0.25, 0.3) is 5.91 Å². The number of anilines is 2. The second-order valence-corrected chi connectivity index (χ2v) is 7.95. The first-order valence-corrected chi connectivity index (χ1v) is 10.5. The Balaban J connectivity index is 1.73. The van der Waals surface area contributed by atoms with Gasteiger partial charge in [-0.05, 0) is 45.9 Å². The van der Waals surface area contributed by atoms with Gasteiger partial charge in [0.1, 0.15) is 23.2 Å². The van der Waals surface area contributed by atoms with E-state index in [9.17, 15) is 4.79 Å². The van der Waals surface area contributed by atoms with Gasteiger partial charge in [0.05, 0.1) is 17.8 Å². The number of nitrogens with zero attached hydrogens (tertiary/aromatic N) is 7. The minimum atomic E-state index is -0.0942. The molecule has 2 N–H and O–H groups in total. The van der Waals surface area contributed by atoms with Gasteiger partial charge in [-0.3, -0.25) is 9.69 Å². The molecule has 3 aromatic rings. The van der Waals surface area contributed by atoms with E-state index in [1.807, 2.05) is 54.6 Å². The van der Waals surface area contributed by atoms with Gasteiger partial charge >= 0.3 is 0 Å². The van der Waals surface area contributed by atoms with Crippen molar-refractivity contribution in [3.8, 4) is 11.5 Å². The van der Waals surface area contributed by atoms with Crippen LogP contribution in [-0.2, 0) is 19.6 Å². The summed E-state index contributed by atoms with van der Waals surface area (Å²) in [6, 6.07) is 7.72. The maximum absolute atomic E-state index is 13.4. The highest BCUT2D eigenvalue weighted by Gasteiger charge is 2.33. The molecule has 0 fully saturated rings. The Morgan fingerprint density at radius 3 is 2.68 bits per heavy atom. The Morgan fingerprint density at radius 2 is 2.00 bits per heavy atom. The quantitative estimate of drug-likeness (QED) is 0.653. The monoisotopic (exact) mass is 420 g/mol. The molecule has 0 atom stereocenters. The molecule has 9 nitrogen and oxygen atoms in total. The van der Waals surface area contributed by atoms with E-state index < -0.39 is 0 Å². The van der Waals surface area contributed by atoms with Crippen molar-refractivity contribution < 1.29 is 4.79 Å². The fourth-order valence-corrected chi connectivity index (χ4v) is 3.80. The summed E-state index contributed by atoms with van der Waals surface area (Å²) in [5, 5.41) is 8.44. The molecule has 0 aliphatic carbocycles. The topological polar surface area (TPSA) is 106 Å². The maximum atomic E-state index is 13.4. The number of carbonyl (C=O) groups is 1. The Morgan fingerprint density at radius 1 is 1.23 bits per heavy atom. The lowest BCUT2D eigenvalue weighted by atomic mass is 10.1. The van der Waals surface area contributed by atoms with E-state index in [0.29, 0.717) is 29.4 Å². The van der Waals surface area contributed by atoms with Crippen molar-refractivity contribution in [1.82, 2.24) is 24.7 Å². The molecule has 4 rings (SSSR count). The number of pyridine rings is 2. The Labute approximate surface area is 181 Å². The van der Waals surface area contributed by atoms with E-state index in [4.69, 9.17) is 15.7 Å². The summed E-state index contributed by atoms with van der Waals surface area (Å²) >= 11 is 0. The van der Waals surface area contributed by atoms with Crippen molar-refractivity contribution in [1.29, 1.82) is 0 Å². The van der Waals surface area contributed by atoms with Crippen molar-refractivity contribution in [2.75, 3.05) is 16.8 Å². The number of amides is 1. The Hall–Kier alpha value is -3.33. The number of carbonyl (C=O) groups excluding carboxylic acids is 1. The first-order chi connectivity index (χ1) is 14.8. The van der Waals surface area contributed by atoms with E-state index in [0.717, 1.165) is 29.4 Å². The summed E-state index contributed by atoms with van der Waals surface area (Å²) < 4.78 is 2.00. The lowest BCUT2D eigenvalue weighted by molar-refractivity contribution is 0.0996. The van der Waals surface area contributed by atoms with E-state index in [-0.39, 0.29) is 18.5 Å². The second-order valence-electron chi connectivity index (χ2n) is 7.95. The van der Waals surface area contributed by atoms with Crippen LogP contribution in [0.5, 0.6) is 0 Å². The molecule has 0 spiro atoms. The molecule has 1 aliphatic heterocycles. The normalized spacial score (nSPS) is 13.3. The first kappa shape index (κ1) is 20.9. The van der Waals surface area contributed by atoms with Gasteiger partial charge in [0.15, 0.2) is 5.82 Å². The van der Waals surface area contributed by atoms with Gasteiger partial charge in [-0.25, -0.2) is 9.97 Å². The van der Waals surface area contributed by atoms with Crippen LogP contribution in [0.2, 0.25) is 0 Å². The minimum absolute atomic E-state index is 0.0942. The summed E-state index contributed by atoms with van der Waals surface area (Å²) in [6.45, 7) is 9.53. The highest BCUT2D eigenvalue weighted by Crippen LogP contribution is 2.32. The van der Waals surface area contributed by atoms with Crippen LogP contribution in [-0.4, -0.2) is 43.7 Å². The smallest absolute Gasteiger partial charge is 0.260 e. The van der Waals surface area contributed by atoms with Gasteiger partial charge in [-0.1, -0.05) is 6.07 Å². The molecular weight excluding hydrogens is 392 g/mol. The lowest BCUT2D eigenvalue weighted by Gasteiger charge is -2.23. The number of aryl methyl sites for hydroxylation is 1. The first-order valence-electron chi connectivity index (χ1n) is 10.5. The van der Waals surface area contributed by atoms with Crippen LogP contribution in [0.4, 0.5) is 11.6 Å². The average molecular weight is 421 g/mol. The molecule has 4 heterocycles. The molecule has 0 saturated heterocycles. The maximum Gasteiger partial charge on any atom is 0.260 e. The molecule has 1 aliphatic rings. The molecule has 0 aromatic carbocycles. The Kier molecular flexibility index (Phi) is 5.45. The van der Waals surface area contributed by atoms with Crippen LogP contribution in [0, 0.1) is 6.92 Å². The summed E-state index contributed by atoms with van der Waals surface area (Å²) in [6.07, 6.45) is 0. The SMILES string of the molecule is CCn1c(C)nnc1-c1cccc(N2Cc3c(cc(N(C)C(C)C)nc3CN)C2=O)n1. The standard InChI is InChI=1S/C22H28N8O/c1-6-29-14(4)26-27-21(29)17-8-7-9-19(24-17)30-12-16-15(22(30)31)10-20(25-18(16)11-23)28(5)13(2)3/h7-10,13H,6,11-12,23H2,1-5H3. The van der Waals surface area contributed by atoms with Crippen LogP contribution in [0.1, 0.15) is 48.2 Å². The molecule has 162 valence electrons. The number of hydrogen-bond donors (Lipinski definition) is 1. The molecule has 9 heteroatoms. The predicted molar refractivity (Wildman–Crippen MR) is 120 cm³/mol. The summed E-state index contributed by atoms with van der Waals surface area (Å²) in [5.74, 6) is 2.75. The van der Waals surface area contributed by atoms with Crippen molar-refractivity contribution >= 4 is 17.5 Å². The minimum Gasteiger partial charge on any atom is -0.357 e. The lowest BCUT2D eigenvalue weighted by Crippen LogP contribution is -2.27. The van der Waals surface area contributed by atoms with Crippen LogP contribution in [0.15, 0.2) is 24.3 Å². The largest absolute Gasteiger partial charge is 0.357 e. The van der Waals surface area contributed by atoms with Gasteiger partial charge in [-0.2, -0.15) is 0 Å². The average Bonchev–Trinajstić information content (AvgIpc) is 3.32. The van der Waals surface area contributed by atoms with Crippen molar-refractivity contribution in [3.05, 3.63) is 46.9 Å². The fraction of sp³-hybridized carbons (Fsp3) is 0.409. The third kappa shape index (κ3) is 3.54. The number of nitrogens with two attached hydrogens (primary N) is 1. The number of hydrogen-bond acceptors (Lipinski definition) is 7. The third-order valence-corrected chi connectivity index (χ3v) is 5.81. The summed E-state index contributed by atoms with van der Waals surface area (Å²) in [7, 11) is 1.97. The van der Waals surface area contributed by atoms with Crippen molar-refractivity contribution in [2.24, 2.45) is 5.73 Å². The zero-order valence-corrected chi connectivity index (χ0v) is 18.6. The molecule has 0 saturated carbocycles. The van der Waals surface area contributed by atoms with Crippen LogP contribution >= 0.6 is 0 Å². The highest BCUT2D eigenvalue weighted by atomic mass is 16.2. The van der Waals surface area contributed by atoms with Gasteiger partial charge in [0.2, 0.25) is 0 Å². The Bertz CT molecular complexity index is 1140.